The van der Waals surface area contributed by atoms with E-state index < -0.39 is 12.1 Å². The van der Waals surface area contributed by atoms with Gasteiger partial charge >= 0.3 is 5.97 Å². The molecule has 0 aromatic rings. The molecular weight excluding hydrogens is 911 g/mol. The minimum atomic E-state index is -0.843. The lowest BCUT2D eigenvalue weighted by molar-refractivity contribution is -0.143. The molecule has 0 spiro atoms. The Labute approximate surface area is 462 Å². The highest BCUT2D eigenvalue weighted by molar-refractivity contribution is 5.76. The van der Waals surface area contributed by atoms with E-state index in [0.717, 1.165) is 44.9 Å². The van der Waals surface area contributed by atoms with E-state index in [2.05, 4.69) is 31.3 Å². The van der Waals surface area contributed by atoms with Gasteiger partial charge in [0.05, 0.1) is 25.4 Å². The van der Waals surface area contributed by atoms with Crippen molar-refractivity contribution in [3.05, 3.63) is 24.3 Å². The van der Waals surface area contributed by atoms with Gasteiger partial charge in [-0.2, -0.15) is 0 Å². The number of esters is 1. The summed E-state index contributed by atoms with van der Waals surface area (Å²) in [4.78, 5) is 24.6. The molecule has 0 radical (unpaired) electrons. The first-order valence-corrected chi connectivity index (χ1v) is 33.6. The summed E-state index contributed by atoms with van der Waals surface area (Å²) in [6, 6.07) is -0.627. The van der Waals surface area contributed by atoms with Crippen LogP contribution in [0.5, 0.6) is 0 Å². The van der Waals surface area contributed by atoms with Crippen LogP contribution in [0.3, 0.4) is 0 Å². The molecule has 0 aromatic heterocycles. The molecule has 0 heterocycles. The number of carbonyl (C=O) groups is 2. The number of allylic oxidation sites excluding steroid dienone is 3. The van der Waals surface area contributed by atoms with Crippen molar-refractivity contribution in [1.82, 2.24) is 5.32 Å². The molecule has 0 bridgehead atoms. The van der Waals surface area contributed by atoms with Crippen molar-refractivity contribution in [2.24, 2.45) is 0 Å². The summed E-state index contributed by atoms with van der Waals surface area (Å²) in [5, 5.41) is 23.2. The maximum atomic E-state index is 12.5. The molecular formula is C68H131NO5. The molecule has 0 fully saturated rings. The molecule has 3 N–H and O–H groups in total. The van der Waals surface area contributed by atoms with Crippen LogP contribution >= 0.6 is 0 Å². The van der Waals surface area contributed by atoms with Gasteiger partial charge in [-0.15, -0.1) is 0 Å². The molecule has 0 saturated heterocycles. The summed E-state index contributed by atoms with van der Waals surface area (Å²) in [5.41, 5.74) is 0. The number of nitrogens with one attached hydrogen (secondary N) is 1. The van der Waals surface area contributed by atoms with Gasteiger partial charge in [-0.25, -0.2) is 0 Å². The number of aliphatic hydroxyl groups is 2. The Balaban J connectivity index is 3.38. The number of unbranched alkanes of at least 4 members (excludes halogenated alkanes) is 50. The number of hydrogen-bond donors (Lipinski definition) is 3. The van der Waals surface area contributed by atoms with Crippen LogP contribution in [0.15, 0.2) is 24.3 Å². The molecule has 6 heteroatoms. The van der Waals surface area contributed by atoms with Gasteiger partial charge < -0.3 is 20.3 Å². The smallest absolute Gasteiger partial charge is 0.305 e. The lowest BCUT2D eigenvalue weighted by atomic mass is 10.0. The molecule has 0 rings (SSSR count). The fourth-order valence-electron chi connectivity index (χ4n) is 10.6. The summed E-state index contributed by atoms with van der Waals surface area (Å²) in [6.45, 7) is 4.92. The monoisotopic (exact) mass is 1040 g/mol. The van der Waals surface area contributed by atoms with Crippen LogP contribution in [0.4, 0.5) is 0 Å². The Hall–Kier alpha value is -1.66. The first kappa shape index (κ1) is 72.3. The maximum absolute atomic E-state index is 12.5. The highest BCUT2D eigenvalue weighted by atomic mass is 16.5. The molecule has 0 aliphatic heterocycles. The Bertz CT molecular complexity index is 1150. The Morgan fingerprint density at radius 3 is 0.959 bits per heavy atom. The lowest BCUT2D eigenvalue weighted by Crippen LogP contribution is -2.45. The summed E-state index contributed by atoms with van der Waals surface area (Å²) in [5.74, 6) is -0.0552. The topological polar surface area (TPSA) is 95.9 Å². The van der Waals surface area contributed by atoms with Crippen molar-refractivity contribution in [2.45, 2.75) is 386 Å². The maximum Gasteiger partial charge on any atom is 0.305 e. The molecule has 1 amide bonds. The number of rotatable bonds is 63. The minimum Gasteiger partial charge on any atom is -0.466 e. The highest BCUT2D eigenvalue weighted by Crippen LogP contribution is 2.18. The average molecular weight is 1040 g/mol. The summed E-state index contributed by atoms with van der Waals surface area (Å²) < 4.78 is 5.48. The fraction of sp³-hybridized carbons (Fsp3) is 0.912. The van der Waals surface area contributed by atoms with Crippen molar-refractivity contribution < 1.29 is 24.5 Å². The number of carbonyl (C=O) groups excluding carboxylic acids is 2. The summed E-state index contributed by atoms with van der Waals surface area (Å²) in [7, 11) is 0. The van der Waals surface area contributed by atoms with E-state index in [1.54, 1.807) is 6.08 Å². The Kier molecular flexibility index (Phi) is 62.4. The molecule has 74 heavy (non-hydrogen) atoms. The van der Waals surface area contributed by atoms with Gasteiger partial charge in [0.1, 0.15) is 0 Å². The first-order chi connectivity index (χ1) is 36.5. The van der Waals surface area contributed by atoms with Crippen LogP contribution in [0, 0.1) is 0 Å². The normalized spacial score (nSPS) is 12.6. The molecule has 0 aliphatic carbocycles. The van der Waals surface area contributed by atoms with E-state index in [4.69, 9.17) is 4.74 Å². The fourth-order valence-corrected chi connectivity index (χ4v) is 10.6. The summed E-state index contributed by atoms with van der Waals surface area (Å²) >= 11 is 0. The molecule has 0 saturated carbocycles. The molecule has 2 atom stereocenters. The second kappa shape index (κ2) is 63.9. The molecule has 0 aliphatic rings. The predicted octanol–water partition coefficient (Wildman–Crippen LogP) is 21.4. The SMILES string of the molecule is CCCCCCC/C=C\CCCCCCCC(=O)OCCCCCCCCCCCCCCCCCCCCCCCCCCCC(=O)NC(CO)C(O)/C=C/CCCCCCCCCCCCCCCCCC. The van der Waals surface area contributed by atoms with Crippen molar-refractivity contribution in [3.8, 4) is 0 Å². The van der Waals surface area contributed by atoms with Gasteiger partial charge in [-0.05, 0) is 57.8 Å². The van der Waals surface area contributed by atoms with E-state index in [-0.39, 0.29) is 18.5 Å². The summed E-state index contributed by atoms with van der Waals surface area (Å²) in [6.07, 6.45) is 79.5. The highest BCUT2D eigenvalue weighted by Gasteiger charge is 2.18. The van der Waals surface area contributed by atoms with Gasteiger partial charge in [0.25, 0.3) is 0 Å². The molecule has 0 aromatic carbocycles. The van der Waals surface area contributed by atoms with Crippen molar-refractivity contribution in [3.63, 3.8) is 0 Å². The standard InChI is InChI=1S/C68H131NO5/c1-3-5-7-9-11-13-15-17-19-20-30-33-36-40-44-48-52-56-60-66(71)65(64-70)69-67(72)61-57-53-49-45-41-37-34-31-28-26-24-22-21-23-25-27-29-32-35-39-43-47-51-55-59-63-74-68(73)62-58-54-50-46-42-38-18-16-14-12-10-8-6-4-2/h16,18,56,60,65-66,70-71H,3-15,17,19-55,57-59,61-64H2,1-2H3,(H,69,72)/b18-16-,60-56+. The van der Waals surface area contributed by atoms with Crippen LogP contribution in [-0.2, 0) is 14.3 Å². The van der Waals surface area contributed by atoms with E-state index >= 15 is 0 Å². The first-order valence-electron chi connectivity index (χ1n) is 33.6. The van der Waals surface area contributed by atoms with Gasteiger partial charge in [0, 0.05) is 12.8 Å². The van der Waals surface area contributed by atoms with Gasteiger partial charge in [0.2, 0.25) is 5.91 Å². The quantitative estimate of drug-likeness (QED) is 0.0320. The number of hydrogen-bond acceptors (Lipinski definition) is 5. The second-order valence-corrected chi connectivity index (χ2v) is 23.2. The van der Waals surface area contributed by atoms with Crippen molar-refractivity contribution >= 4 is 11.9 Å². The molecule has 438 valence electrons. The van der Waals surface area contributed by atoms with Crippen LogP contribution in [0.1, 0.15) is 373 Å². The third kappa shape index (κ3) is 59.6. The zero-order chi connectivity index (χ0) is 53.6. The minimum absolute atomic E-state index is 0.00795. The second-order valence-electron chi connectivity index (χ2n) is 23.2. The van der Waals surface area contributed by atoms with Crippen LogP contribution in [0.2, 0.25) is 0 Å². The van der Waals surface area contributed by atoms with Gasteiger partial charge in [0.15, 0.2) is 0 Å². The van der Waals surface area contributed by atoms with Gasteiger partial charge in [-0.3, -0.25) is 9.59 Å². The zero-order valence-electron chi connectivity index (χ0n) is 50.1. The number of amides is 1. The van der Waals surface area contributed by atoms with Crippen LogP contribution < -0.4 is 5.32 Å². The molecule has 2 unspecified atom stereocenters. The van der Waals surface area contributed by atoms with Gasteiger partial charge in [-0.1, -0.05) is 327 Å². The zero-order valence-corrected chi connectivity index (χ0v) is 50.1. The van der Waals surface area contributed by atoms with E-state index in [1.165, 1.54) is 302 Å². The third-order valence-electron chi connectivity index (χ3n) is 15.7. The molecule has 6 nitrogen and oxygen atoms in total. The number of aliphatic hydroxyl groups excluding tert-OH is 2. The van der Waals surface area contributed by atoms with Crippen LogP contribution in [0.25, 0.3) is 0 Å². The van der Waals surface area contributed by atoms with Crippen molar-refractivity contribution in [2.75, 3.05) is 13.2 Å². The third-order valence-corrected chi connectivity index (χ3v) is 15.7. The van der Waals surface area contributed by atoms with E-state index in [0.29, 0.717) is 19.4 Å². The van der Waals surface area contributed by atoms with E-state index in [1.807, 2.05) is 6.08 Å². The lowest BCUT2D eigenvalue weighted by Gasteiger charge is -2.20. The van der Waals surface area contributed by atoms with E-state index in [9.17, 15) is 19.8 Å². The average Bonchev–Trinajstić information content (AvgIpc) is 3.40. The Morgan fingerprint density at radius 1 is 0.365 bits per heavy atom. The Morgan fingerprint density at radius 2 is 0.635 bits per heavy atom. The predicted molar refractivity (Wildman–Crippen MR) is 324 cm³/mol. The van der Waals surface area contributed by atoms with Crippen LogP contribution in [-0.4, -0.2) is 47.4 Å². The number of ether oxygens (including phenoxy) is 1. The van der Waals surface area contributed by atoms with Crippen molar-refractivity contribution in [1.29, 1.82) is 0 Å². The largest absolute Gasteiger partial charge is 0.466 e.